The van der Waals surface area contributed by atoms with Crippen LogP contribution in [0.3, 0.4) is 0 Å². The third-order valence-corrected chi connectivity index (χ3v) is 4.91. The van der Waals surface area contributed by atoms with Crippen LogP contribution in [0, 0.1) is 6.92 Å². The number of piperidine rings is 1. The number of aromatic amines is 1. The molecule has 0 aliphatic carbocycles. The molecule has 0 radical (unpaired) electrons. The maximum atomic E-state index is 12.2. The number of aromatic nitrogens is 2. The lowest BCUT2D eigenvalue weighted by atomic mass is 9.92. The van der Waals surface area contributed by atoms with E-state index in [-0.39, 0.29) is 10.4 Å². The normalized spacial score (nSPS) is 20.4. The summed E-state index contributed by atoms with van der Waals surface area (Å²) in [6.07, 6.45) is 2.94. The van der Waals surface area contributed by atoms with Gasteiger partial charge in [-0.05, 0) is 39.8 Å². The first kappa shape index (κ1) is 12.5. The summed E-state index contributed by atoms with van der Waals surface area (Å²) in [5.41, 5.74) is 0.198. The number of nitrogens with zero attached hydrogens (tertiary/aromatic N) is 1. The van der Waals surface area contributed by atoms with Crippen LogP contribution in [0.15, 0.2) is 11.1 Å². The Morgan fingerprint density at radius 2 is 2.06 bits per heavy atom. The fourth-order valence-electron chi connectivity index (χ4n) is 2.07. The lowest BCUT2D eigenvalue weighted by molar-refractivity contribution is 0.308. The molecule has 0 bridgehead atoms. The molecule has 1 aliphatic heterocycles. The van der Waals surface area contributed by atoms with Crippen molar-refractivity contribution in [1.29, 1.82) is 0 Å². The van der Waals surface area contributed by atoms with Gasteiger partial charge in [0.1, 0.15) is 4.90 Å². The van der Waals surface area contributed by atoms with Gasteiger partial charge < -0.3 is 5.32 Å². The van der Waals surface area contributed by atoms with Crippen molar-refractivity contribution in [2.24, 2.45) is 0 Å². The minimum Gasteiger partial charge on any atom is -0.317 e. The Morgan fingerprint density at radius 3 is 2.59 bits per heavy atom. The molecule has 0 atom stereocenters. The smallest absolute Gasteiger partial charge is 0.244 e. The molecular formula is C10H18N4O2S. The van der Waals surface area contributed by atoms with Crippen LogP contribution in [-0.4, -0.2) is 37.2 Å². The van der Waals surface area contributed by atoms with Gasteiger partial charge in [-0.2, -0.15) is 5.10 Å². The zero-order valence-corrected chi connectivity index (χ0v) is 10.9. The summed E-state index contributed by atoms with van der Waals surface area (Å²) in [6.45, 7) is 5.32. The molecule has 1 aliphatic rings. The fourth-order valence-corrected chi connectivity index (χ4v) is 3.67. The van der Waals surface area contributed by atoms with Crippen molar-refractivity contribution in [2.75, 3.05) is 13.1 Å². The number of hydrogen-bond acceptors (Lipinski definition) is 4. The summed E-state index contributed by atoms with van der Waals surface area (Å²) in [5, 5.41) is 9.61. The van der Waals surface area contributed by atoms with Gasteiger partial charge in [-0.3, -0.25) is 5.10 Å². The van der Waals surface area contributed by atoms with Gasteiger partial charge in [0.15, 0.2) is 0 Å². The average Bonchev–Trinajstić information content (AvgIpc) is 2.64. The molecule has 7 heteroatoms. The van der Waals surface area contributed by atoms with Crippen LogP contribution in [0.2, 0.25) is 0 Å². The Labute approximate surface area is 101 Å². The third kappa shape index (κ3) is 2.67. The second kappa shape index (κ2) is 4.40. The molecule has 6 nitrogen and oxygen atoms in total. The maximum absolute atomic E-state index is 12.2. The summed E-state index contributed by atoms with van der Waals surface area (Å²) in [6, 6.07) is 0. The number of sulfonamides is 1. The molecule has 1 fully saturated rings. The van der Waals surface area contributed by atoms with Crippen molar-refractivity contribution in [3.05, 3.63) is 11.9 Å². The fraction of sp³-hybridized carbons (Fsp3) is 0.700. The number of H-pyrrole nitrogens is 1. The lowest BCUT2D eigenvalue weighted by Gasteiger charge is -2.34. The van der Waals surface area contributed by atoms with Crippen LogP contribution >= 0.6 is 0 Å². The Morgan fingerprint density at radius 1 is 1.41 bits per heavy atom. The first-order valence-corrected chi connectivity index (χ1v) is 7.16. The van der Waals surface area contributed by atoms with E-state index in [1.807, 2.05) is 6.92 Å². The molecule has 1 aromatic heterocycles. The van der Waals surface area contributed by atoms with Crippen molar-refractivity contribution in [2.45, 2.75) is 37.1 Å². The Kier molecular flexibility index (Phi) is 3.24. The summed E-state index contributed by atoms with van der Waals surface area (Å²) in [7, 11) is -3.48. The molecular weight excluding hydrogens is 240 g/mol. The van der Waals surface area contributed by atoms with Crippen LogP contribution in [0.25, 0.3) is 0 Å². The second-order valence-corrected chi connectivity index (χ2v) is 6.43. The van der Waals surface area contributed by atoms with Crippen LogP contribution in [0.5, 0.6) is 0 Å². The van der Waals surface area contributed by atoms with E-state index in [1.165, 1.54) is 6.20 Å². The quantitative estimate of drug-likeness (QED) is 0.719. The first-order valence-electron chi connectivity index (χ1n) is 5.68. The van der Waals surface area contributed by atoms with Crippen molar-refractivity contribution >= 4 is 10.0 Å². The van der Waals surface area contributed by atoms with Gasteiger partial charge in [0, 0.05) is 5.54 Å². The maximum Gasteiger partial charge on any atom is 0.244 e. The molecule has 0 amide bonds. The lowest BCUT2D eigenvalue weighted by Crippen LogP contribution is -2.52. The molecule has 96 valence electrons. The van der Waals surface area contributed by atoms with Crippen LogP contribution in [0.4, 0.5) is 0 Å². The van der Waals surface area contributed by atoms with E-state index >= 15 is 0 Å². The molecule has 0 saturated carbocycles. The van der Waals surface area contributed by atoms with Gasteiger partial charge in [0.25, 0.3) is 0 Å². The monoisotopic (exact) mass is 258 g/mol. The van der Waals surface area contributed by atoms with Crippen LogP contribution < -0.4 is 10.0 Å². The highest BCUT2D eigenvalue weighted by molar-refractivity contribution is 7.89. The molecule has 1 saturated heterocycles. The van der Waals surface area contributed by atoms with Crippen LogP contribution in [-0.2, 0) is 10.0 Å². The summed E-state index contributed by atoms with van der Waals surface area (Å²) >= 11 is 0. The minimum atomic E-state index is -3.48. The molecule has 3 N–H and O–H groups in total. The van der Waals surface area contributed by atoms with E-state index in [1.54, 1.807) is 6.92 Å². The number of hydrogen-bond donors (Lipinski definition) is 3. The highest BCUT2D eigenvalue weighted by atomic mass is 32.2. The SMILES string of the molecule is Cc1[nH]ncc1S(=O)(=O)NC1(C)CCNCC1. The van der Waals surface area contributed by atoms with Gasteiger partial charge in [-0.15, -0.1) is 0 Å². The zero-order chi connectivity index (χ0) is 12.5. The van der Waals surface area contributed by atoms with Gasteiger partial charge >= 0.3 is 0 Å². The van der Waals surface area contributed by atoms with Crippen molar-refractivity contribution < 1.29 is 8.42 Å². The minimum absolute atomic E-state index is 0.234. The zero-order valence-electron chi connectivity index (χ0n) is 10.1. The van der Waals surface area contributed by atoms with E-state index in [4.69, 9.17) is 0 Å². The first-order chi connectivity index (χ1) is 7.93. The molecule has 0 spiro atoms. The number of rotatable bonds is 3. The second-order valence-electron chi connectivity index (χ2n) is 4.78. The predicted molar refractivity (Wildman–Crippen MR) is 64.2 cm³/mol. The van der Waals surface area contributed by atoms with Crippen LogP contribution in [0.1, 0.15) is 25.5 Å². The standard InChI is InChI=1S/C10H18N4O2S/c1-8-9(7-12-13-8)17(15,16)14-10(2)3-5-11-6-4-10/h7,11,14H,3-6H2,1-2H3,(H,12,13). The van der Waals surface area contributed by atoms with Gasteiger partial charge in [0.2, 0.25) is 10.0 Å². The van der Waals surface area contributed by atoms with E-state index in [0.717, 1.165) is 25.9 Å². The average molecular weight is 258 g/mol. The highest BCUT2D eigenvalue weighted by Crippen LogP contribution is 2.21. The van der Waals surface area contributed by atoms with Gasteiger partial charge in [-0.1, -0.05) is 0 Å². The highest BCUT2D eigenvalue weighted by Gasteiger charge is 2.33. The van der Waals surface area contributed by atoms with Gasteiger partial charge in [-0.25, -0.2) is 13.1 Å². The Hall–Kier alpha value is -0.920. The number of aryl methyl sites for hydroxylation is 1. The molecule has 2 heterocycles. The molecule has 0 unspecified atom stereocenters. The van der Waals surface area contributed by atoms with E-state index in [2.05, 4.69) is 20.2 Å². The van der Waals surface area contributed by atoms with Gasteiger partial charge in [0.05, 0.1) is 11.9 Å². The Bertz CT molecular complexity index is 488. The van der Waals surface area contributed by atoms with Crippen molar-refractivity contribution in [3.8, 4) is 0 Å². The largest absolute Gasteiger partial charge is 0.317 e. The van der Waals surface area contributed by atoms with E-state index in [0.29, 0.717) is 5.69 Å². The summed E-state index contributed by atoms with van der Waals surface area (Å²) in [4.78, 5) is 0.234. The summed E-state index contributed by atoms with van der Waals surface area (Å²) in [5.74, 6) is 0. The Balaban J connectivity index is 2.20. The van der Waals surface area contributed by atoms with Crippen molar-refractivity contribution in [1.82, 2.24) is 20.2 Å². The molecule has 0 aromatic carbocycles. The molecule has 17 heavy (non-hydrogen) atoms. The third-order valence-electron chi connectivity index (χ3n) is 3.16. The predicted octanol–water partition coefficient (Wildman–Crippen LogP) is 0.139. The molecule has 1 aromatic rings. The topological polar surface area (TPSA) is 86.9 Å². The summed E-state index contributed by atoms with van der Waals surface area (Å²) < 4.78 is 27.2. The van der Waals surface area contributed by atoms with E-state index < -0.39 is 10.0 Å². The molecule has 2 rings (SSSR count). The van der Waals surface area contributed by atoms with E-state index in [9.17, 15) is 8.42 Å². The van der Waals surface area contributed by atoms with Crippen molar-refractivity contribution in [3.63, 3.8) is 0 Å². The number of nitrogens with one attached hydrogen (secondary N) is 3.